The third-order valence-corrected chi connectivity index (χ3v) is 6.87. The van der Waals surface area contributed by atoms with E-state index in [0.717, 1.165) is 19.5 Å². The smallest absolute Gasteiger partial charge is 0.451 e. The van der Waals surface area contributed by atoms with E-state index in [0.29, 0.717) is 6.54 Å². The number of nitrogens with zero attached hydrogens (tertiary/aromatic N) is 5. The second-order valence-corrected chi connectivity index (χ2v) is 9.24. The van der Waals surface area contributed by atoms with Crippen LogP contribution < -0.4 is 5.32 Å². The number of nitrogens with one attached hydrogen (secondary N) is 1. The van der Waals surface area contributed by atoms with Gasteiger partial charge in [0.05, 0.1) is 12.5 Å². The number of hydrogen-bond acceptors (Lipinski definition) is 7. The second kappa shape index (κ2) is 9.00. The highest BCUT2D eigenvalue weighted by atomic mass is 127. The number of anilines is 1. The van der Waals surface area contributed by atoms with Crippen molar-refractivity contribution in [3.05, 3.63) is 41.2 Å². The van der Waals surface area contributed by atoms with Crippen molar-refractivity contribution in [2.45, 2.75) is 25.2 Å². The first-order valence-corrected chi connectivity index (χ1v) is 13.5. The fourth-order valence-corrected chi connectivity index (χ4v) is 5.07. The van der Waals surface area contributed by atoms with E-state index >= 15 is 0 Å². The Morgan fingerprint density at radius 1 is 1.23 bits per heavy atom. The van der Waals surface area contributed by atoms with Gasteiger partial charge in [-0.1, -0.05) is 24.3 Å². The Morgan fingerprint density at radius 2 is 1.97 bits per heavy atom. The van der Waals surface area contributed by atoms with Gasteiger partial charge in [-0.3, -0.25) is 4.90 Å². The Bertz CT molecular complexity index is 1100. The fourth-order valence-electron chi connectivity index (χ4n) is 3.59. The minimum absolute atomic E-state index is 0.0136. The van der Waals surface area contributed by atoms with Crippen LogP contribution in [0.2, 0.25) is 0 Å². The number of β-amino-alcohol motifs (C(OH)–C–C–N with tert-alkyl or cyclic N) is 1. The molecule has 3 aromatic rings. The maximum Gasteiger partial charge on any atom is 0.451 e. The van der Waals surface area contributed by atoms with E-state index in [4.69, 9.17) is 0 Å². The average molecular weight is 566 g/mol. The second-order valence-electron chi connectivity index (χ2n) is 7.20. The number of aromatic nitrogens is 4. The SMILES string of the molecule is Oc1nc(C(F)(F)F)nc2c(NCC(O)CN3CCc4ccccc4C3)nn(PI)c12. The van der Waals surface area contributed by atoms with Crippen molar-refractivity contribution >= 4 is 45.3 Å². The van der Waals surface area contributed by atoms with Gasteiger partial charge in [-0.25, -0.2) is 9.44 Å². The largest absolute Gasteiger partial charge is 0.492 e. The van der Waals surface area contributed by atoms with Crippen LogP contribution in [0.15, 0.2) is 24.3 Å². The molecule has 31 heavy (non-hydrogen) atoms. The van der Waals surface area contributed by atoms with E-state index in [1.54, 1.807) is 0 Å². The Balaban J connectivity index is 1.48. The minimum Gasteiger partial charge on any atom is -0.492 e. The maximum absolute atomic E-state index is 13.1. The van der Waals surface area contributed by atoms with Gasteiger partial charge >= 0.3 is 6.18 Å². The first kappa shape index (κ1) is 22.4. The van der Waals surface area contributed by atoms with Crippen molar-refractivity contribution in [3.8, 4) is 5.88 Å². The van der Waals surface area contributed by atoms with Crippen molar-refractivity contribution in [1.29, 1.82) is 0 Å². The molecule has 0 bridgehead atoms. The lowest BCUT2D eigenvalue weighted by atomic mass is 10.00. The Morgan fingerprint density at radius 3 is 2.68 bits per heavy atom. The maximum atomic E-state index is 13.1. The van der Waals surface area contributed by atoms with Gasteiger partial charge in [-0.05, 0) is 39.6 Å². The number of aromatic hydroxyl groups is 1. The summed E-state index contributed by atoms with van der Waals surface area (Å²) >= 11 is 1.99. The monoisotopic (exact) mass is 566 g/mol. The third-order valence-electron chi connectivity index (χ3n) is 5.02. The van der Waals surface area contributed by atoms with Gasteiger partial charge in [0.25, 0.3) is 0 Å². The first-order chi connectivity index (χ1) is 14.8. The van der Waals surface area contributed by atoms with Crippen molar-refractivity contribution in [2.75, 3.05) is 25.0 Å². The van der Waals surface area contributed by atoms with E-state index < -0.39 is 24.0 Å². The normalized spacial score (nSPS) is 16.2. The number of hydrogen-bond donors (Lipinski definition) is 3. The van der Waals surface area contributed by atoms with Gasteiger partial charge in [-0.15, -0.1) is 5.10 Å². The van der Waals surface area contributed by atoms with Crippen LogP contribution in [-0.2, 0) is 19.1 Å². The molecule has 2 unspecified atom stereocenters. The summed E-state index contributed by atoms with van der Waals surface area (Å²) < 4.78 is 40.5. The van der Waals surface area contributed by atoms with Gasteiger partial charge in [-0.2, -0.15) is 18.2 Å². The van der Waals surface area contributed by atoms with E-state index in [1.807, 2.05) is 34.2 Å². The number of fused-ring (bicyclic) bond motifs is 2. The number of aliphatic hydroxyl groups excluding tert-OH is 1. The highest BCUT2D eigenvalue weighted by molar-refractivity contribution is 14.2. The van der Waals surface area contributed by atoms with Gasteiger partial charge in [0.15, 0.2) is 11.3 Å². The molecule has 1 aliphatic rings. The summed E-state index contributed by atoms with van der Waals surface area (Å²) in [6.07, 6.45) is -4.66. The number of alkyl halides is 3. The lowest BCUT2D eigenvalue weighted by Crippen LogP contribution is -2.39. The zero-order valence-electron chi connectivity index (χ0n) is 16.1. The summed E-state index contributed by atoms with van der Waals surface area (Å²) in [5.74, 6) is -2.16. The molecule has 0 amide bonds. The molecular formula is C18H19F3IN6O2P. The zero-order chi connectivity index (χ0) is 22.2. The summed E-state index contributed by atoms with van der Waals surface area (Å²) in [5.41, 5.74) is 2.42. The molecule has 3 heterocycles. The summed E-state index contributed by atoms with van der Waals surface area (Å²) in [6.45, 7) is 2.02. The van der Waals surface area contributed by atoms with Crippen LogP contribution >= 0.6 is 28.4 Å². The molecule has 0 aliphatic carbocycles. The predicted octanol–water partition coefficient (Wildman–Crippen LogP) is 3.17. The van der Waals surface area contributed by atoms with Crippen LogP contribution in [0, 0.1) is 0 Å². The number of aliphatic hydroxyl groups is 1. The Kier molecular flexibility index (Phi) is 6.52. The Labute approximate surface area is 190 Å². The number of benzene rings is 1. The molecule has 0 fully saturated rings. The quantitative estimate of drug-likeness (QED) is 0.312. The van der Waals surface area contributed by atoms with E-state index in [9.17, 15) is 23.4 Å². The zero-order valence-corrected chi connectivity index (χ0v) is 19.2. The molecule has 13 heteroatoms. The minimum atomic E-state index is -4.80. The van der Waals surface area contributed by atoms with Crippen molar-refractivity contribution in [2.24, 2.45) is 0 Å². The van der Waals surface area contributed by atoms with E-state index in [2.05, 4.69) is 37.4 Å². The molecule has 2 atom stereocenters. The molecule has 0 saturated heterocycles. The highest BCUT2D eigenvalue weighted by Gasteiger charge is 2.37. The van der Waals surface area contributed by atoms with Crippen molar-refractivity contribution in [1.82, 2.24) is 24.4 Å². The molecule has 2 aromatic heterocycles. The summed E-state index contributed by atoms with van der Waals surface area (Å²) in [5, 5.41) is 27.6. The average Bonchev–Trinajstić information content (AvgIpc) is 3.10. The van der Waals surface area contributed by atoms with Crippen LogP contribution in [-0.4, -0.2) is 60.4 Å². The number of halogens is 4. The highest BCUT2D eigenvalue weighted by Crippen LogP contribution is 2.37. The molecular weight excluding hydrogens is 547 g/mol. The first-order valence-electron chi connectivity index (χ1n) is 9.41. The van der Waals surface area contributed by atoms with Crippen molar-refractivity contribution < 1.29 is 23.4 Å². The molecule has 166 valence electrons. The molecule has 3 N–H and O–H groups in total. The molecule has 0 saturated carbocycles. The lowest BCUT2D eigenvalue weighted by Gasteiger charge is -2.30. The van der Waals surface area contributed by atoms with Crippen LogP contribution in [0.1, 0.15) is 17.0 Å². The summed E-state index contributed by atoms with van der Waals surface area (Å²) in [4.78, 5) is 8.86. The fraction of sp³-hybridized carbons (Fsp3) is 0.389. The molecule has 0 radical (unpaired) electrons. The molecule has 4 rings (SSSR count). The van der Waals surface area contributed by atoms with Gasteiger partial charge in [0, 0.05) is 26.2 Å². The lowest BCUT2D eigenvalue weighted by molar-refractivity contribution is -0.145. The van der Waals surface area contributed by atoms with Gasteiger partial charge < -0.3 is 15.5 Å². The van der Waals surface area contributed by atoms with Crippen LogP contribution in [0.3, 0.4) is 0 Å². The molecule has 1 aromatic carbocycles. The van der Waals surface area contributed by atoms with E-state index in [1.165, 1.54) is 15.6 Å². The molecule has 8 nitrogen and oxygen atoms in total. The Hall–Kier alpha value is -1.76. The summed E-state index contributed by atoms with van der Waals surface area (Å²) in [6, 6.07) is 8.17. The summed E-state index contributed by atoms with van der Waals surface area (Å²) in [7, 11) is 0. The molecule has 0 spiro atoms. The predicted molar refractivity (Wildman–Crippen MR) is 120 cm³/mol. The molecule has 1 aliphatic heterocycles. The van der Waals surface area contributed by atoms with Gasteiger partial charge in [0.2, 0.25) is 11.7 Å². The van der Waals surface area contributed by atoms with Crippen molar-refractivity contribution in [3.63, 3.8) is 0 Å². The number of rotatable bonds is 6. The van der Waals surface area contributed by atoms with Crippen LogP contribution in [0.5, 0.6) is 5.88 Å². The van der Waals surface area contributed by atoms with Crippen LogP contribution in [0.4, 0.5) is 19.0 Å². The van der Waals surface area contributed by atoms with Crippen LogP contribution in [0.25, 0.3) is 11.0 Å². The van der Waals surface area contributed by atoms with E-state index in [-0.39, 0.29) is 29.8 Å². The third kappa shape index (κ3) is 4.86. The van der Waals surface area contributed by atoms with Gasteiger partial charge in [0.1, 0.15) is 5.52 Å². The standard InChI is InChI=1S/C18H19F3IN6O2P/c19-18(20,21)17-24-13-14(16(30)25-17)28(31-22)26-15(13)23-7-12(29)9-27-6-5-10-3-1-2-4-11(10)8-27/h1-4,12,29,31H,5-9H2,(H,23,26)(H,24,25,30). The topological polar surface area (TPSA) is 99.3 Å².